The first-order valence-corrected chi connectivity index (χ1v) is 6.35. The quantitative estimate of drug-likeness (QED) is 0.706. The van der Waals surface area contributed by atoms with Gasteiger partial charge in [-0.1, -0.05) is 17.7 Å². The van der Waals surface area contributed by atoms with Gasteiger partial charge in [0.25, 0.3) is 0 Å². The van der Waals surface area contributed by atoms with Gasteiger partial charge in [0.15, 0.2) is 0 Å². The summed E-state index contributed by atoms with van der Waals surface area (Å²) in [6.07, 6.45) is 3.98. The number of ether oxygens (including phenoxy) is 1. The highest BCUT2D eigenvalue weighted by Gasteiger charge is 2.11. The number of nitrogens with zero attached hydrogens (tertiary/aromatic N) is 2. The van der Waals surface area contributed by atoms with Crippen molar-refractivity contribution in [2.75, 3.05) is 7.11 Å². The van der Waals surface area contributed by atoms with Crippen molar-refractivity contribution in [3.05, 3.63) is 53.3 Å². The molecule has 0 fully saturated rings. The number of pyridine rings is 1. The van der Waals surface area contributed by atoms with E-state index in [9.17, 15) is 0 Å². The first-order chi connectivity index (χ1) is 9.19. The van der Waals surface area contributed by atoms with Crippen LogP contribution in [-0.2, 0) is 0 Å². The summed E-state index contributed by atoms with van der Waals surface area (Å²) in [5, 5.41) is 0.597. The molecule has 0 radical (unpaired) electrons. The molecule has 0 unspecified atom stereocenters. The normalized spacial score (nSPS) is 10.9. The van der Waals surface area contributed by atoms with Gasteiger partial charge in [0, 0.05) is 18.0 Å². The van der Waals surface area contributed by atoms with Crippen molar-refractivity contribution >= 4 is 17.2 Å². The second-order valence-electron chi connectivity index (χ2n) is 4.39. The SMILES string of the molecule is COc1cc(C)c(-c2cn3ccccc3n2)cc1Cl. The number of rotatable bonds is 2. The summed E-state index contributed by atoms with van der Waals surface area (Å²) < 4.78 is 7.21. The summed E-state index contributed by atoms with van der Waals surface area (Å²) in [5.74, 6) is 0.687. The van der Waals surface area contributed by atoms with E-state index in [0.29, 0.717) is 10.8 Å². The smallest absolute Gasteiger partial charge is 0.137 e. The summed E-state index contributed by atoms with van der Waals surface area (Å²) in [6.45, 7) is 2.03. The topological polar surface area (TPSA) is 26.5 Å². The van der Waals surface area contributed by atoms with E-state index >= 15 is 0 Å². The number of aryl methyl sites for hydroxylation is 1. The van der Waals surface area contributed by atoms with E-state index in [1.165, 1.54) is 0 Å². The van der Waals surface area contributed by atoms with Gasteiger partial charge in [0.05, 0.1) is 17.8 Å². The number of halogens is 1. The highest BCUT2D eigenvalue weighted by Crippen LogP contribution is 2.33. The molecule has 0 bridgehead atoms. The zero-order chi connectivity index (χ0) is 13.4. The lowest BCUT2D eigenvalue weighted by molar-refractivity contribution is 0.415. The fraction of sp³-hybridized carbons (Fsp3) is 0.133. The molecule has 0 saturated heterocycles. The summed E-state index contributed by atoms with van der Waals surface area (Å²) in [7, 11) is 1.62. The standard InChI is InChI=1S/C15H13ClN2O/c1-10-7-14(19-2)12(16)8-11(10)13-9-18-6-4-3-5-15(18)17-13/h3-9H,1-2H3. The van der Waals surface area contributed by atoms with Crippen LogP contribution in [0, 0.1) is 6.92 Å². The second kappa shape index (κ2) is 4.59. The Bertz CT molecular complexity index is 716. The van der Waals surface area contributed by atoms with Gasteiger partial charge in [-0.3, -0.25) is 0 Å². The van der Waals surface area contributed by atoms with E-state index in [2.05, 4.69) is 4.98 Å². The molecule has 3 nitrogen and oxygen atoms in total. The zero-order valence-electron chi connectivity index (χ0n) is 10.7. The van der Waals surface area contributed by atoms with Gasteiger partial charge in [-0.25, -0.2) is 4.98 Å². The average molecular weight is 273 g/mol. The van der Waals surface area contributed by atoms with Crippen molar-refractivity contribution in [2.45, 2.75) is 6.92 Å². The molecular formula is C15H13ClN2O. The maximum absolute atomic E-state index is 6.19. The Morgan fingerprint density at radius 1 is 1.26 bits per heavy atom. The third-order valence-electron chi connectivity index (χ3n) is 3.14. The van der Waals surface area contributed by atoms with Crippen molar-refractivity contribution in [2.24, 2.45) is 0 Å². The number of hydrogen-bond donors (Lipinski definition) is 0. The van der Waals surface area contributed by atoms with Crippen LogP contribution in [0.15, 0.2) is 42.7 Å². The molecule has 0 spiro atoms. The van der Waals surface area contributed by atoms with Gasteiger partial charge < -0.3 is 9.14 Å². The predicted octanol–water partition coefficient (Wildman–Crippen LogP) is 3.97. The minimum Gasteiger partial charge on any atom is -0.495 e. The summed E-state index contributed by atoms with van der Waals surface area (Å²) in [5.41, 5.74) is 3.94. The molecule has 0 N–H and O–H groups in total. The highest BCUT2D eigenvalue weighted by atomic mass is 35.5. The van der Waals surface area contributed by atoms with Crippen molar-refractivity contribution in [3.8, 4) is 17.0 Å². The van der Waals surface area contributed by atoms with Crippen LogP contribution in [0.25, 0.3) is 16.9 Å². The monoisotopic (exact) mass is 272 g/mol. The lowest BCUT2D eigenvalue weighted by Crippen LogP contribution is -1.89. The van der Waals surface area contributed by atoms with Crippen LogP contribution < -0.4 is 4.74 Å². The van der Waals surface area contributed by atoms with E-state index in [4.69, 9.17) is 16.3 Å². The third-order valence-corrected chi connectivity index (χ3v) is 3.43. The molecular weight excluding hydrogens is 260 g/mol. The number of fused-ring (bicyclic) bond motifs is 1. The number of benzene rings is 1. The summed E-state index contributed by atoms with van der Waals surface area (Å²) >= 11 is 6.19. The first-order valence-electron chi connectivity index (χ1n) is 5.97. The Hall–Kier alpha value is -2.00. The van der Waals surface area contributed by atoms with Gasteiger partial charge in [-0.15, -0.1) is 0 Å². The van der Waals surface area contributed by atoms with E-state index in [-0.39, 0.29) is 0 Å². The first kappa shape index (κ1) is 12.1. The van der Waals surface area contributed by atoms with Crippen LogP contribution in [0.3, 0.4) is 0 Å². The van der Waals surface area contributed by atoms with E-state index in [1.54, 1.807) is 7.11 Å². The maximum Gasteiger partial charge on any atom is 0.137 e. The lowest BCUT2D eigenvalue weighted by atomic mass is 10.1. The molecule has 3 rings (SSSR count). The minimum atomic E-state index is 0.597. The molecule has 0 atom stereocenters. The fourth-order valence-corrected chi connectivity index (χ4v) is 2.39. The molecule has 0 aliphatic heterocycles. The number of methoxy groups -OCH3 is 1. The molecule has 0 aliphatic rings. The maximum atomic E-state index is 6.19. The van der Waals surface area contributed by atoms with E-state index in [1.807, 2.05) is 54.0 Å². The summed E-state index contributed by atoms with van der Waals surface area (Å²) in [4.78, 5) is 4.60. The van der Waals surface area contributed by atoms with Crippen LogP contribution in [0.4, 0.5) is 0 Å². The molecule has 2 heterocycles. The average Bonchev–Trinajstić information content (AvgIpc) is 2.84. The Kier molecular flexibility index (Phi) is 2.91. The van der Waals surface area contributed by atoms with Crippen molar-refractivity contribution < 1.29 is 4.74 Å². The van der Waals surface area contributed by atoms with Crippen molar-refractivity contribution in [3.63, 3.8) is 0 Å². The number of hydrogen-bond acceptors (Lipinski definition) is 2. The molecule has 19 heavy (non-hydrogen) atoms. The van der Waals surface area contributed by atoms with Crippen LogP contribution in [0.5, 0.6) is 5.75 Å². The van der Waals surface area contributed by atoms with E-state index < -0.39 is 0 Å². The molecule has 0 saturated carbocycles. The summed E-state index contributed by atoms with van der Waals surface area (Å²) in [6, 6.07) is 9.76. The predicted molar refractivity (Wildman–Crippen MR) is 76.9 cm³/mol. The van der Waals surface area contributed by atoms with E-state index in [0.717, 1.165) is 22.5 Å². The molecule has 0 aliphatic carbocycles. The van der Waals surface area contributed by atoms with Gasteiger partial charge in [0.1, 0.15) is 11.4 Å². The molecule has 96 valence electrons. The Labute approximate surface area is 116 Å². The van der Waals surface area contributed by atoms with Gasteiger partial charge in [-0.2, -0.15) is 0 Å². The minimum absolute atomic E-state index is 0.597. The molecule has 0 amide bonds. The fourth-order valence-electron chi connectivity index (χ4n) is 2.15. The van der Waals surface area contributed by atoms with Crippen LogP contribution in [0.1, 0.15) is 5.56 Å². The Morgan fingerprint density at radius 2 is 2.11 bits per heavy atom. The Morgan fingerprint density at radius 3 is 2.84 bits per heavy atom. The zero-order valence-corrected chi connectivity index (χ0v) is 11.5. The third kappa shape index (κ3) is 2.06. The lowest BCUT2D eigenvalue weighted by Gasteiger charge is -2.08. The van der Waals surface area contributed by atoms with Gasteiger partial charge in [-0.05, 0) is 36.8 Å². The van der Waals surface area contributed by atoms with Crippen molar-refractivity contribution in [1.82, 2.24) is 9.38 Å². The highest BCUT2D eigenvalue weighted by molar-refractivity contribution is 6.32. The molecule has 1 aromatic carbocycles. The van der Waals surface area contributed by atoms with Crippen molar-refractivity contribution in [1.29, 1.82) is 0 Å². The molecule has 4 heteroatoms. The molecule has 3 aromatic rings. The Balaban J connectivity index is 2.18. The molecule has 2 aromatic heterocycles. The van der Waals surface area contributed by atoms with Crippen LogP contribution >= 0.6 is 11.6 Å². The number of aromatic nitrogens is 2. The number of imidazole rings is 1. The second-order valence-corrected chi connectivity index (χ2v) is 4.80. The van der Waals surface area contributed by atoms with Crippen LogP contribution in [0.2, 0.25) is 5.02 Å². The van der Waals surface area contributed by atoms with Crippen LogP contribution in [-0.4, -0.2) is 16.5 Å². The largest absolute Gasteiger partial charge is 0.495 e. The van der Waals surface area contributed by atoms with Gasteiger partial charge in [0.2, 0.25) is 0 Å². The van der Waals surface area contributed by atoms with Gasteiger partial charge >= 0.3 is 0 Å².